The molecule has 1 rings (SSSR count). The summed E-state index contributed by atoms with van der Waals surface area (Å²) in [6.07, 6.45) is -0.420. The summed E-state index contributed by atoms with van der Waals surface area (Å²) in [6, 6.07) is -0.317. The van der Waals surface area contributed by atoms with E-state index >= 15 is 0 Å². The maximum atomic E-state index is 11.8. The van der Waals surface area contributed by atoms with Gasteiger partial charge in [0.2, 0.25) is 0 Å². The fourth-order valence-electron chi connectivity index (χ4n) is 1.43. The van der Waals surface area contributed by atoms with Crippen LogP contribution in [0.5, 0.6) is 0 Å². The van der Waals surface area contributed by atoms with Gasteiger partial charge in [0.25, 0.3) is 0 Å². The number of esters is 2. The lowest BCUT2D eigenvalue weighted by atomic mass is 10.1. The average molecular weight is 309 g/mol. The van der Waals surface area contributed by atoms with Crippen LogP contribution in [-0.4, -0.2) is 43.5 Å². The van der Waals surface area contributed by atoms with Crippen molar-refractivity contribution in [1.29, 1.82) is 0 Å². The number of hydrogen-bond donors (Lipinski definition) is 0. The zero-order valence-electron chi connectivity index (χ0n) is 11.3. The summed E-state index contributed by atoms with van der Waals surface area (Å²) in [4.78, 5) is 34.3. The number of hydrogen-bond acceptors (Lipinski definition) is 7. The summed E-state index contributed by atoms with van der Waals surface area (Å²) in [5.41, 5.74) is -1.18. The van der Waals surface area contributed by atoms with Crippen LogP contribution in [0.25, 0.3) is 0 Å². The Morgan fingerprint density at radius 3 is 2.15 bits per heavy atom. The molecular weight excluding hydrogens is 292 g/mol. The molecule has 7 nitrogen and oxygen atoms in total. The summed E-state index contributed by atoms with van der Waals surface area (Å²) < 4.78 is 18.8. The van der Waals surface area contributed by atoms with Crippen LogP contribution in [0.15, 0.2) is 0 Å². The molecule has 0 heterocycles. The molecule has 114 valence electrons. The van der Waals surface area contributed by atoms with Crippen molar-refractivity contribution < 1.29 is 33.3 Å². The maximum absolute atomic E-state index is 11.8. The molecule has 0 unspecified atom stereocenters. The number of carbonyl (C=O) groups is 3. The van der Waals surface area contributed by atoms with Crippen molar-refractivity contribution in [2.75, 3.05) is 19.3 Å². The maximum Gasteiger partial charge on any atom is 0.509 e. The Bertz CT molecular complexity index is 376. The van der Waals surface area contributed by atoms with Gasteiger partial charge in [-0.05, 0) is 26.7 Å². The van der Waals surface area contributed by atoms with Gasteiger partial charge in [-0.3, -0.25) is 9.59 Å². The standard InChI is InChI=1S/C12H17ClO7/c1-8(2)20-10(15)12(3-4-12)9(14)17-5-6-18-11(16)19-7-13/h8H,3-7H2,1-2H3. The second-order valence-electron chi connectivity index (χ2n) is 4.52. The van der Waals surface area contributed by atoms with Crippen molar-refractivity contribution in [2.24, 2.45) is 5.41 Å². The first-order valence-electron chi connectivity index (χ1n) is 6.16. The van der Waals surface area contributed by atoms with Gasteiger partial charge < -0.3 is 18.9 Å². The lowest BCUT2D eigenvalue weighted by Gasteiger charge is -2.15. The average Bonchev–Trinajstić information content (AvgIpc) is 3.15. The minimum absolute atomic E-state index is 0.160. The highest BCUT2D eigenvalue weighted by molar-refractivity contribution is 6.17. The molecule has 0 amide bonds. The van der Waals surface area contributed by atoms with Crippen molar-refractivity contribution in [2.45, 2.75) is 32.8 Å². The van der Waals surface area contributed by atoms with Crippen molar-refractivity contribution in [1.82, 2.24) is 0 Å². The third kappa shape index (κ3) is 4.56. The quantitative estimate of drug-likeness (QED) is 0.232. The smallest absolute Gasteiger partial charge is 0.462 e. The number of halogens is 1. The van der Waals surface area contributed by atoms with Crippen LogP contribution in [0, 0.1) is 5.41 Å². The minimum atomic E-state index is -1.18. The molecule has 1 fully saturated rings. The molecule has 0 spiro atoms. The van der Waals surface area contributed by atoms with Crippen molar-refractivity contribution in [3.8, 4) is 0 Å². The summed E-state index contributed by atoms with van der Waals surface area (Å²) in [7, 11) is 0. The second-order valence-corrected chi connectivity index (χ2v) is 4.74. The Morgan fingerprint density at radius 2 is 1.65 bits per heavy atom. The third-order valence-corrected chi connectivity index (χ3v) is 2.69. The van der Waals surface area contributed by atoms with Gasteiger partial charge in [-0.1, -0.05) is 11.6 Å². The number of rotatable bonds is 7. The van der Waals surface area contributed by atoms with Crippen LogP contribution >= 0.6 is 11.6 Å². The fourth-order valence-corrected chi connectivity index (χ4v) is 1.52. The first-order chi connectivity index (χ1) is 9.42. The zero-order chi connectivity index (χ0) is 15.2. The predicted octanol–water partition coefficient (Wildman–Crippen LogP) is 1.61. The molecule has 0 saturated heterocycles. The molecule has 0 aliphatic heterocycles. The highest BCUT2D eigenvalue weighted by Gasteiger charge is 2.59. The van der Waals surface area contributed by atoms with Crippen LogP contribution in [0.4, 0.5) is 4.79 Å². The van der Waals surface area contributed by atoms with Gasteiger partial charge in [0.1, 0.15) is 13.2 Å². The summed E-state index contributed by atoms with van der Waals surface area (Å²) in [5, 5.41) is 0. The SMILES string of the molecule is CC(C)OC(=O)C1(C(=O)OCCOC(=O)OCCl)CC1. The van der Waals surface area contributed by atoms with Crippen molar-refractivity contribution in [3.05, 3.63) is 0 Å². The van der Waals surface area contributed by atoms with Gasteiger partial charge in [-0.25, -0.2) is 4.79 Å². The molecule has 8 heteroatoms. The van der Waals surface area contributed by atoms with Gasteiger partial charge in [0.05, 0.1) is 6.10 Å². The molecule has 1 saturated carbocycles. The van der Waals surface area contributed by atoms with Crippen LogP contribution in [0.2, 0.25) is 0 Å². The molecule has 20 heavy (non-hydrogen) atoms. The minimum Gasteiger partial charge on any atom is -0.462 e. The Morgan fingerprint density at radius 1 is 1.05 bits per heavy atom. The topological polar surface area (TPSA) is 88.1 Å². The molecule has 0 N–H and O–H groups in total. The van der Waals surface area contributed by atoms with Gasteiger partial charge in [0.15, 0.2) is 11.5 Å². The Hall–Kier alpha value is -1.50. The van der Waals surface area contributed by atoms with E-state index in [0.717, 1.165) is 0 Å². The third-order valence-electron chi connectivity index (χ3n) is 2.58. The van der Waals surface area contributed by atoms with Gasteiger partial charge in [-0.2, -0.15) is 0 Å². The monoisotopic (exact) mass is 308 g/mol. The molecule has 0 radical (unpaired) electrons. The van der Waals surface area contributed by atoms with E-state index < -0.39 is 23.5 Å². The van der Waals surface area contributed by atoms with E-state index in [4.69, 9.17) is 21.1 Å². The van der Waals surface area contributed by atoms with Crippen LogP contribution < -0.4 is 0 Å². The second kappa shape index (κ2) is 7.33. The molecule has 0 aromatic carbocycles. The molecule has 0 aromatic rings. The highest BCUT2D eigenvalue weighted by Crippen LogP contribution is 2.48. The van der Waals surface area contributed by atoms with Gasteiger partial charge in [0, 0.05) is 0 Å². The molecule has 1 aliphatic carbocycles. The van der Waals surface area contributed by atoms with Crippen molar-refractivity contribution >= 4 is 29.7 Å². The largest absolute Gasteiger partial charge is 0.509 e. The van der Waals surface area contributed by atoms with Crippen LogP contribution in [0.3, 0.4) is 0 Å². The molecule has 0 bridgehead atoms. The first-order valence-corrected chi connectivity index (χ1v) is 6.69. The van der Waals surface area contributed by atoms with E-state index in [0.29, 0.717) is 12.8 Å². The van der Waals surface area contributed by atoms with E-state index in [1.807, 2.05) is 0 Å². The highest BCUT2D eigenvalue weighted by atomic mass is 35.5. The molecule has 0 atom stereocenters. The lowest BCUT2D eigenvalue weighted by Crippen LogP contribution is -2.32. The van der Waals surface area contributed by atoms with E-state index in [1.54, 1.807) is 13.8 Å². The van der Waals surface area contributed by atoms with Crippen LogP contribution in [-0.2, 0) is 28.5 Å². The Labute approximate surface area is 121 Å². The first kappa shape index (κ1) is 16.6. The number of carbonyl (C=O) groups excluding carboxylic acids is 3. The molecular formula is C12H17ClO7. The van der Waals surface area contributed by atoms with E-state index in [9.17, 15) is 14.4 Å². The van der Waals surface area contributed by atoms with Gasteiger partial charge in [-0.15, -0.1) is 0 Å². The number of alkyl halides is 1. The Kier molecular flexibility index (Phi) is 6.06. The van der Waals surface area contributed by atoms with Crippen molar-refractivity contribution in [3.63, 3.8) is 0 Å². The van der Waals surface area contributed by atoms with Crippen LogP contribution in [0.1, 0.15) is 26.7 Å². The van der Waals surface area contributed by atoms with E-state index in [1.165, 1.54) is 0 Å². The fraction of sp³-hybridized carbons (Fsp3) is 0.750. The zero-order valence-corrected chi connectivity index (χ0v) is 12.1. The summed E-state index contributed by atoms with van der Waals surface area (Å²) in [6.45, 7) is 3.08. The summed E-state index contributed by atoms with van der Waals surface area (Å²) in [5.74, 6) is -1.22. The summed E-state index contributed by atoms with van der Waals surface area (Å²) >= 11 is 5.14. The lowest BCUT2D eigenvalue weighted by molar-refractivity contribution is -0.167. The predicted molar refractivity (Wildman–Crippen MR) is 67.0 cm³/mol. The van der Waals surface area contributed by atoms with Gasteiger partial charge >= 0.3 is 18.1 Å². The molecule has 1 aliphatic rings. The van der Waals surface area contributed by atoms with E-state index in [-0.39, 0.29) is 25.4 Å². The number of ether oxygens (including phenoxy) is 4. The normalized spacial score (nSPS) is 15.4. The van der Waals surface area contributed by atoms with E-state index in [2.05, 4.69) is 9.47 Å². The molecule has 0 aromatic heterocycles. The Balaban J connectivity index is 2.29.